The van der Waals surface area contributed by atoms with E-state index in [0.717, 1.165) is 12.8 Å². The van der Waals surface area contributed by atoms with Gasteiger partial charge in [-0.15, -0.1) is 0 Å². The van der Waals surface area contributed by atoms with Crippen LogP contribution >= 0.6 is 23.2 Å². The zero-order valence-electron chi connectivity index (χ0n) is 14.0. The van der Waals surface area contributed by atoms with E-state index in [4.69, 9.17) is 38.4 Å². The number of carbonyl (C=O) groups is 1. The number of nitrogens with two attached hydrogens (primary N) is 1. The largest absolute Gasteiger partial charge is 0.485 e. The lowest BCUT2D eigenvalue weighted by Gasteiger charge is -2.31. The quantitative estimate of drug-likeness (QED) is 0.694. The Morgan fingerprint density at radius 2 is 1.83 bits per heavy atom. The second-order valence-corrected chi connectivity index (χ2v) is 6.51. The molecule has 0 saturated carbocycles. The zero-order chi connectivity index (χ0) is 17.6. The van der Waals surface area contributed by atoms with Crippen LogP contribution < -0.4 is 10.5 Å². The average molecular weight is 362 g/mol. The highest BCUT2D eigenvalue weighted by molar-refractivity contribution is 6.35. The minimum absolute atomic E-state index is 0.220. The highest BCUT2D eigenvalue weighted by Gasteiger charge is 2.30. The van der Waals surface area contributed by atoms with E-state index in [1.165, 1.54) is 0 Å². The molecule has 1 aromatic rings. The number of benzene rings is 1. The molecule has 0 spiro atoms. The Bertz CT molecular complexity index is 519. The molecule has 6 heteroatoms. The third kappa shape index (κ3) is 5.87. The fraction of sp³-hybridized carbons (Fsp3) is 0.588. The Morgan fingerprint density at radius 1 is 1.22 bits per heavy atom. The first kappa shape index (κ1) is 20.1. The second-order valence-electron chi connectivity index (χ2n) is 5.66. The van der Waals surface area contributed by atoms with Gasteiger partial charge in [0.15, 0.2) is 0 Å². The molecule has 0 fully saturated rings. The van der Waals surface area contributed by atoms with Crippen molar-refractivity contribution in [2.75, 3.05) is 0 Å². The molecule has 0 aliphatic heterocycles. The number of halogens is 2. The van der Waals surface area contributed by atoms with Crippen LogP contribution in [0.15, 0.2) is 18.2 Å². The lowest BCUT2D eigenvalue weighted by Crippen LogP contribution is -2.42. The molecule has 0 heterocycles. The molecule has 0 amide bonds. The predicted molar refractivity (Wildman–Crippen MR) is 94.2 cm³/mol. The second kappa shape index (κ2) is 9.36. The van der Waals surface area contributed by atoms with Crippen molar-refractivity contribution < 1.29 is 14.3 Å². The standard InChI is InChI=1S/C17H25Cl2NO3/c1-5-12(6-2)16(11(4)22-17(21)10(3)20)23-15-8-7-13(18)9-14(15)19/h7-12,16H,5-6,20H2,1-4H3/t10-,11-,16+/m0/s1. The lowest BCUT2D eigenvalue weighted by atomic mass is 9.93. The van der Waals surface area contributed by atoms with E-state index in [1.54, 1.807) is 25.1 Å². The van der Waals surface area contributed by atoms with Gasteiger partial charge in [0.25, 0.3) is 0 Å². The van der Waals surface area contributed by atoms with Gasteiger partial charge in [0.1, 0.15) is 24.0 Å². The number of hydrogen-bond donors (Lipinski definition) is 1. The van der Waals surface area contributed by atoms with Crippen molar-refractivity contribution in [1.82, 2.24) is 0 Å². The molecule has 2 N–H and O–H groups in total. The van der Waals surface area contributed by atoms with E-state index in [9.17, 15) is 4.79 Å². The molecular weight excluding hydrogens is 337 g/mol. The third-order valence-electron chi connectivity index (χ3n) is 3.81. The topological polar surface area (TPSA) is 61.5 Å². The number of esters is 1. The molecule has 0 aliphatic carbocycles. The molecule has 0 radical (unpaired) electrons. The smallest absolute Gasteiger partial charge is 0.323 e. The van der Waals surface area contributed by atoms with Crippen LogP contribution in [-0.4, -0.2) is 24.2 Å². The van der Waals surface area contributed by atoms with Crippen molar-refractivity contribution in [3.63, 3.8) is 0 Å². The first-order valence-corrected chi connectivity index (χ1v) is 8.63. The summed E-state index contributed by atoms with van der Waals surface area (Å²) in [6.07, 6.45) is 1.04. The predicted octanol–water partition coefficient (Wildman–Crippen LogP) is 4.46. The third-order valence-corrected chi connectivity index (χ3v) is 4.34. The van der Waals surface area contributed by atoms with E-state index < -0.39 is 18.1 Å². The highest BCUT2D eigenvalue weighted by atomic mass is 35.5. The van der Waals surface area contributed by atoms with Gasteiger partial charge in [-0.3, -0.25) is 4.79 Å². The summed E-state index contributed by atoms with van der Waals surface area (Å²) in [5.74, 6) is 0.300. The van der Waals surface area contributed by atoms with Crippen molar-refractivity contribution in [2.45, 2.75) is 58.8 Å². The Morgan fingerprint density at radius 3 is 2.30 bits per heavy atom. The Balaban J connectivity index is 2.98. The molecule has 0 bridgehead atoms. The lowest BCUT2D eigenvalue weighted by molar-refractivity contribution is -0.155. The number of ether oxygens (including phenoxy) is 2. The van der Waals surface area contributed by atoms with E-state index in [-0.39, 0.29) is 12.0 Å². The van der Waals surface area contributed by atoms with E-state index in [1.807, 2.05) is 6.92 Å². The van der Waals surface area contributed by atoms with Gasteiger partial charge in [0.2, 0.25) is 0 Å². The Hall–Kier alpha value is -0.970. The maximum absolute atomic E-state index is 11.8. The molecular formula is C17H25Cl2NO3. The van der Waals surface area contributed by atoms with Gasteiger partial charge >= 0.3 is 5.97 Å². The summed E-state index contributed by atoms with van der Waals surface area (Å²) in [5.41, 5.74) is 5.57. The number of rotatable bonds is 8. The summed E-state index contributed by atoms with van der Waals surface area (Å²) in [6.45, 7) is 7.56. The highest BCUT2D eigenvalue weighted by Crippen LogP contribution is 2.31. The minimum Gasteiger partial charge on any atom is -0.485 e. The van der Waals surface area contributed by atoms with Gasteiger partial charge in [-0.2, -0.15) is 0 Å². The van der Waals surface area contributed by atoms with Crippen LogP contribution in [0.2, 0.25) is 10.0 Å². The van der Waals surface area contributed by atoms with Crippen molar-refractivity contribution in [2.24, 2.45) is 11.7 Å². The summed E-state index contributed by atoms with van der Waals surface area (Å²) >= 11 is 12.1. The summed E-state index contributed by atoms with van der Waals surface area (Å²) in [7, 11) is 0. The van der Waals surface area contributed by atoms with Gasteiger partial charge in [0.05, 0.1) is 5.02 Å². The van der Waals surface area contributed by atoms with Gasteiger partial charge in [-0.25, -0.2) is 0 Å². The fourth-order valence-corrected chi connectivity index (χ4v) is 2.86. The molecule has 130 valence electrons. The summed E-state index contributed by atoms with van der Waals surface area (Å²) in [4.78, 5) is 11.8. The Kier molecular flexibility index (Phi) is 8.17. The van der Waals surface area contributed by atoms with E-state index >= 15 is 0 Å². The van der Waals surface area contributed by atoms with Crippen LogP contribution in [0, 0.1) is 5.92 Å². The van der Waals surface area contributed by atoms with Crippen LogP contribution in [0.5, 0.6) is 5.75 Å². The van der Waals surface area contributed by atoms with Gasteiger partial charge < -0.3 is 15.2 Å². The molecule has 4 nitrogen and oxygen atoms in total. The van der Waals surface area contributed by atoms with Crippen LogP contribution in [0.4, 0.5) is 0 Å². The molecule has 0 aliphatic rings. The first-order chi connectivity index (χ1) is 10.8. The Labute approximate surface area is 148 Å². The molecule has 1 aromatic carbocycles. The van der Waals surface area contributed by atoms with E-state index in [2.05, 4.69) is 13.8 Å². The van der Waals surface area contributed by atoms with Crippen molar-refractivity contribution in [3.8, 4) is 5.75 Å². The molecule has 23 heavy (non-hydrogen) atoms. The van der Waals surface area contributed by atoms with Crippen LogP contribution in [-0.2, 0) is 9.53 Å². The maximum Gasteiger partial charge on any atom is 0.323 e. The fourth-order valence-electron chi connectivity index (χ4n) is 2.40. The minimum atomic E-state index is -0.668. The molecule has 0 saturated heterocycles. The summed E-state index contributed by atoms with van der Waals surface area (Å²) < 4.78 is 11.5. The normalized spacial score (nSPS) is 15.1. The number of hydrogen-bond acceptors (Lipinski definition) is 4. The van der Waals surface area contributed by atoms with Crippen LogP contribution in [0.1, 0.15) is 40.5 Å². The maximum atomic E-state index is 11.8. The van der Waals surface area contributed by atoms with E-state index in [0.29, 0.717) is 15.8 Å². The SMILES string of the molecule is CCC(CC)[C@H](Oc1ccc(Cl)cc1Cl)[C@H](C)OC(=O)[C@H](C)N. The zero-order valence-corrected chi connectivity index (χ0v) is 15.5. The van der Waals surface area contributed by atoms with Gasteiger partial charge in [0, 0.05) is 5.02 Å². The molecule has 3 atom stereocenters. The molecule has 0 aromatic heterocycles. The van der Waals surface area contributed by atoms with Crippen LogP contribution in [0.3, 0.4) is 0 Å². The van der Waals surface area contributed by atoms with Crippen LogP contribution in [0.25, 0.3) is 0 Å². The molecule has 0 unspecified atom stereocenters. The van der Waals surface area contributed by atoms with Gasteiger partial charge in [-0.05, 0) is 50.8 Å². The van der Waals surface area contributed by atoms with Crippen molar-refractivity contribution in [1.29, 1.82) is 0 Å². The average Bonchev–Trinajstić information content (AvgIpc) is 2.49. The summed E-state index contributed by atoms with van der Waals surface area (Å²) in [6, 6.07) is 4.39. The van der Waals surface area contributed by atoms with Crippen molar-refractivity contribution >= 4 is 29.2 Å². The first-order valence-electron chi connectivity index (χ1n) is 7.87. The van der Waals surface area contributed by atoms with Crippen molar-refractivity contribution in [3.05, 3.63) is 28.2 Å². The number of carbonyl (C=O) groups excluding carboxylic acids is 1. The monoisotopic (exact) mass is 361 g/mol. The molecule has 1 rings (SSSR count). The summed E-state index contributed by atoms with van der Waals surface area (Å²) in [5, 5.41) is 0.969. The van der Waals surface area contributed by atoms with Gasteiger partial charge in [-0.1, -0.05) is 37.0 Å².